The van der Waals surface area contributed by atoms with Crippen LogP contribution in [0.1, 0.15) is 65.2 Å². The molecule has 0 unspecified atom stereocenters. The number of fused-ring (bicyclic) bond motifs is 2. The summed E-state index contributed by atoms with van der Waals surface area (Å²) in [5, 5.41) is 3.36. The van der Waals surface area contributed by atoms with Crippen molar-refractivity contribution in [2.24, 2.45) is 23.7 Å². The molecule has 6 aromatic carbocycles. The standard InChI is InChI=1S/C58H54O14/c1-35(2)53(59)67-33-65-43-23-27-45(28-24-43)69-55(61)39-13-17-41(18-14-39)57(63)71-49-31-21-37-9-5-7-11-47(37)51(49)52-48-12-8-6-10-38(48)22-32-50(52)72-58(64)42-19-15-40(16-20-42)56(62)70-46-29-25-44(26-30-46)66-34-68-54(60)36(3)4/h5-12,21-32,39-42H,1,3,13-20,33-34H2,2,4H3. The van der Waals surface area contributed by atoms with Crippen molar-refractivity contribution in [1.82, 2.24) is 0 Å². The first-order valence-corrected chi connectivity index (χ1v) is 23.8. The van der Waals surface area contributed by atoms with Gasteiger partial charge in [0, 0.05) is 22.3 Å². The highest BCUT2D eigenvalue weighted by atomic mass is 16.7. The molecule has 0 atom stereocenters. The molecule has 14 nitrogen and oxygen atoms in total. The number of hydrogen-bond acceptors (Lipinski definition) is 14. The van der Waals surface area contributed by atoms with Crippen molar-refractivity contribution < 1.29 is 66.7 Å². The number of ether oxygens (including phenoxy) is 8. The van der Waals surface area contributed by atoms with Gasteiger partial charge in [-0.2, -0.15) is 0 Å². The van der Waals surface area contributed by atoms with Crippen molar-refractivity contribution >= 4 is 57.4 Å². The summed E-state index contributed by atoms with van der Waals surface area (Å²) in [6.07, 6.45) is 3.34. The van der Waals surface area contributed by atoms with Gasteiger partial charge in [0.05, 0.1) is 23.7 Å². The molecule has 370 valence electrons. The fourth-order valence-electron chi connectivity index (χ4n) is 8.86. The Morgan fingerprint density at radius 2 is 0.708 bits per heavy atom. The molecule has 2 aliphatic carbocycles. The van der Waals surface area contributed by atoms with E-state index in [0.29, 0.717) is 97.0 Å². The summed E-state index contributed by atoms with van der Waals surface area (Å²) >= 11 is 0. The van der Waals surface area contributed by atoms with Crippen LogP contribution in [-0.4, -0.2) is 49.4 Å². The third kappa shape index (κ3) is 12.4. The zero-order chi connectivity index (χ0) is 50.7. The molecule has 0 aliphatic heterocycles. The molecule has 2 saturated carbocycles. The summed E-state index contributed by atoms with van der Waals surface area (Å²) in [4.78, 5) is 77.9. The van der Waals surface area contributed by atoms with Gasteiger partial charge in [-0.3, -0.25) is 19.2 Å². The van der Waals surface area contributed by atoms with Crippen LogP contribution in [0.2, 0.25) is 0 Å². The molecule has 0 aromatic heterocycles. The lowest BCUT2D eigenvalue weighted by molar-refractivity contribution is -0.146. The zero-order valence-corrected chi connectivity index (χ0v) is 40.1. The fourth-order valence-corrected chi connectivity index (χ4v) is 8.86. The van der Waals surface area contributed by atoms with Crippen LogP contribution in [0.3, 0.4) is 0 Å². The van der Waals surface area contributed by atoms with E-state index >= 15 is 0 Å². The van der Waals surface area contributed by atoms with Crippen LogP contribution in [0.4, 0.5) is 0 Å². The molecule has 0 heterocycles. The van der Waals surface area contributed by atoms with Crippen molar-refractivity contribution in [2.45, 2.75) is 65.2 Å². The van der Waals surface area contributed by atoms with E-state index in [9.17, 15) is 28.8 Å². The zero-order valence-electron chi connectivity index (χ0n) is 40.1. The molecule has 0 amide bonds. The van der Waals surface area contributed by atoms with Crippen molar-refractivity contribution in [3.8, 4) is 45.6 Å². The summed E-state index contributed by atoms with van der Waals surface area (Å²) in [5.41, 5.74) is 1.71. The number of rotatable bonds is 17. The van der Waals surface area contributed by atoms with E-state index < -0.39 is 59.5 Å². The Kier molecular flexibility index (Phi) is 16.1. The maximum Gasteiger partial charge on any atom is 0.335 e. The first-order chi connectivity index (χ1) is 34.8. The average Bonchev–Trinajstić information content (AvgIpc) is 3.39. The molecule has 0 bridgehead atoms. The predicted octanol–water partition coefficient (Wildman–Crippen LogP) is 11.2. The molecule has 0 spiro atoms. The summed E-state index contributed by atoms with van der Waals surface area (Å²) in [6.45, 7) is 9.56. The van der Waals surface area contributed by atoms with Crippen LogP contribution in [0.15, 0.2) is 146 Å². The largest absolute Gasteiger partial charge is 0.457 e. The highest BCUT2D eigenvalue weighted by Crippen LogP contribution is 2.47. The van der Waals surface area contributed by atoms with E-state index in [2.05, 4.69) is 13.2 Å². The van der Waals surface area contributed by atoms with Gasteiger partial charge in [-0.05, 0) is 147 Å². The molecule has 0 radical (unpaired) electrons. The monoisotopic (exact) mass is 974 g/mol. The fraction of sp³-hybridized carbons (Fsp3) is 0.276. The smallest absolute Gasteiger partial charge is 0.335 e. The maximum atomic E-state index is 14.1. The molecule has 0 N–H and O–H groups in total. The minimum atomic E-state index is -0.564. The van der Waals surface area contributed by atoms with Crippen LogP contribution in [0.5, 0.6) is 34.5 Å². The molecule has 2 aliphatic rings. The van der Waals surface area contributed by atoms with Gasteiger partial charge >= 0.3 is 35.8 Å². The van der Waals surface area contributed by atoms with E-state index in [1.165, 1.54) is 13.8 Å². The molecular formula is C58H54O14. The average molecular weight is 975 g/mol. The number of esters is 6. The lowest BCUT2D eigenvalue weighted by Crippen LogP contribution is -2.30. The van der Waals surface area contributed by atoms with Gasteiger partial charge in [0.2, 0.25) is 13.6 Å². The predicted molar refractivity (Wildman–Crippen MR) is 266 cm³/mol. The Morgan fingerprint density at radius 1 is 0.403 bits per heavy atom. The molecule has 6 aromatic rings. The third-order valence-electron chi connectivity index (χ3n) is 12.9. The first kappa shape index (κ1) is 50.1. The maximum absolute atomic E-state index is 14.1. The number of carbonyl (C=O) groups is 6. The quantitative estimate of drug-likeness (QED) is 0.0365. The lowest BCUT2D eigenvalue weighted by atomic mass is 9.82. The normalized spacial score (nSPS) is 17.4. The van der Waals surface area contributed by atoms with Crippen LogP contribution < -0.4 is 28.4 Å². The molecule has 72 heavy (non-hydrogen) atoms. The van der Waals surface area contributed by atoms with Gasteiger partial charge in [-0.25, -0.2) is 9.59 Å². The second-order valence-electron chi connectivity index (χ2n) is 18.0. The molecule has 14 heteroatoms. The van der Waals surface area contributed by atoms with E-state index in [1.54, 1.807) is 60.7 Å². The summed E-state index contributed by atoms with van der Waals surface area (Å²) in [5.74, 6) is -2.47. The minimum Gasteiger partial charge on any atom is -0.457 e. The SMILES string of the molecule is C=C(C)C(=O)OCOc1ccc(OC(=O)C2CCC(C(=O)Oc3ccc4ccccc4c3-c3c(OC(=O)C4CCC(C(=O)Oc5ccc(OCOC(=O)C(=C)C)cc5)CC4)ccc4ccccc34)CC2)cc1. The number of benzene rings is 6. The Bertz CT molecular complexity index is 2810. The van der Waals surface area contributed by atoms with E-state index in [-0.39, 0.29) is 24.7 Å². The van der Waals surface area contributed by atoms with Crippen LogP contribution in [-0.2, 0) is 38.2 Å². The van der Waals surface area contributed by atoms with Gasteiger partial charge in [-0.15, -0.1) is 0 Å². The van der Waals surface area contributed by atoms with Gasteiger partial charge in [0.15, 0.2) is 0 Å². The summed E-state index contributed by atoms with van der Waals surface area (Å²) in [7, 11) is 0. The Hall–Kier alpha value is -8.26. The molecule has 8 rings (SSSR count). The topological polar surface area (TPSA) is 176 Å². The molecule has 2 fully saturated rings. The highest BCUT2D eigenvalue weighted by molar-refractivity contribution is 6.10. The molecule has 0 saturated heterocycles. The number of hydrogen-bond donors (Lipinski definition) is 0. The third-order valence-corrected chi connectivity index (χ3v) is 12.9. The van der Waals surface area contributed by atoms with Gasteiger partial charge in [-0.1, -0.05) is 73.8 Å². The van der Waals surface area contributed by atoms with Crippen LogP contribution in [0, 0.1) is 23.7 Å². The summed E-state index contributed by atoms with van der Waals surface area (Å²) < 4.78 is 44.8. The number of carbonyl (C=O) groups excluding carboxylic acids is 6. The minimum absolute atomic E-state index is 0.257. The van der Waals surface area contributed by atoms with Crippen molar-refractivity contribution in [3.05, 3.63) is 146 Å². The second kappa shape index (κ2) is 23.1. The van der Waals surface area contributed by atoms with Crippen LogP contribution >= 0.6 is 0 Å². The van der Waals surface area contributed by atoms with E-state index in [0.717, 1.165) is 21.5 Å². The second-order valence-corrected chi connectivity index (χ2v) is 18.0. The van der Waals surface area contributed by atoms with E-state index in [4.69, 9.17) is 37.9 Å². The van der Waals surface area contributed by atoms with Crippen molar-refractivity contribution in [3.63, 3.8) is 0 Å². The van der Waals surface area contributed by atoms with Crippen molar-refractivity contribution in [2.75, 3.05) is 13.6 Å². The van der Waals surface area contributed by atoms with Gasteiger partial charge in [0.25, 0.3) is 0 Å². The summed E-state index contributed by atoms with van der Waals surface area (Å²) in [6, 6.07) is 35.6. The lowest BCUT2D eigenvalue weighted by Gasteiger charge is -2.27. The Labute approximate surface area is 416 Å². The van der Waals surface area contributed by atoms with Crippen LogP contribution in [0.25, 0.3) is 32.7 Å². The van der Waals surface area contributed by atoms with Gasteiger partial charge in [0.1, 0.15) is 34.5 Å². The molecular weight excluding hydrogens is 921 g/mol. The van der Waals surface area contributed by atoms with Gasteiger partial charge < -0.3 is 37.9 Å². The first-order valence-electron chi connectivity index (χ1n) is 23.8. The Morgan fingerprint density at radius 3 is 1.04 bits per heavy atom. The highest BCUT2D eigenvalue weighted by Gasteiger charge is 2.35. The van der Waals surface area contributed by atoms with Crippen molar-refractivity contribution in [1.29, 1.82) is 0 Å². The van der Waals surface area contributed by atoms with E-state index in [1.807, 2.05) is 60.7 Å². The Balaban J connectivity index is 0.909.